The summed E-state index contributed by atoms with van der Waals surface area (Å²) in [5.74, 6) is 0.476. The fourth-order valence-electron chi connectivity index (χ4n) is 1.55. The quantitative estimate of drug-likeness (QED) is 0.855. The lowest BCUT2D eigenvalue weighted by atomic mass is 10.0. The molecule has 1 aromatic carbocycles. The third kappa shape index (κ3) is 1.86. The second kappa shape index (κ2) is 3.68. The summed E-state index contributed by atoms with van der Waals surface area (Å²) in [6.07, 6.45) is 0. The number of hydrogen-bond acceptors (Lipinski definition) is 2. The van der Waals surface area contributed by atoms with Gasteiger partial charge in [-0.3, -0.25) is 0 Å². The van der Waals surface area contributed by atoms with Crippen molar-refractivity contribution in [1.82, 2.24) is 0 Å². The number of aliphatic hydroxyl groups is 1. The molecular formula is C10H12BrNO. The number of benzene rings is 1. The molecule has 2 rings (SSSR count). The minimum Gasteiger partial charge on any atom is -0.396 e. The number of hydrogen-bond donors (Lipinski definition) is 1. The monoisotopic (exact) mass is 241 g/mol. The van der Waals surface area contributed by atoms with Gasteiger partial charge < -0.3 is 10.0 Å². The smallest absolute Gasteiger partial charge is 0.0493 e. The van der Waals surface area contributed by atoms with E-state index >= 15 is 0 Å². The highest BCUT2D eigenvalue weighted by Crippen LogP contribution is 2.25. The van der Waals surface area contributed by atoms with E-state index in [1.807, 2.05) is 12.1 Å². The summed E-state index contributed by atoms with van der Waals surface area (Å²) < 4.78 is 1.11. The van der Waals surface area contributed by atoms with Gasteiger partial charge in [-0.05, 0) is 24.3 Å². The van der Waals surface area contributed by atoms with Gasteiger partial charge in [-0.15, -0.1) is 0 Å². The van der Waals surface area contributed by atoms with E-state index in [0.717, 1.165) is 17.6 Å². The van der Waals surface area contributed by atoms with Gasteiger partial charge in [-0.2, -0.15) is 0 Å². The summed E-state index contributed by atoms with van der Waals surface area (Å²) in [5.41, 5.74) is 1.24. The van der Waals surface area contributed by atoms with Gasteiger partial charge >= 0.3 is 0 Å². The maximum Gasteiger partial charge on any atom is 0.0493 e. The summed E-state index contributed by atoms with van der Waals surface area (Å²) in [7, 11) is 0. The summed E-state index contributed by atoms with van der Waals surface area (Å²) in [4.78, 5) is 2.27. The van der Waals surface area contributed by atoms with Gasteiger partial charge in [0.2, 0.25) is 0 Å². The Bertz CT molecular complexity index is 279. The van der Waals surface area contributed by atoms with Crippen molar-refractivity contribution in [2.45, 2.75) is 0 Å². The highest BCUT2D eigenvalue weighted by atomic mass is 79.9. The van der Waals surface area contributed by atoms with Crippen LogP contribution in [0.4, 0.5) is 5.69 Å². The van der Waals surface area contributed by atoms with Crippen molar-refractivity contribution in [1.29, 1.82) is 0 Å². The van der Waals surface area contributed by atoms with Crippen LogP contribution >= 0.6 is 15.9 Å². The molecule has 0 saturated carbocycles. The first-order valence-electron chi connectivity index (χ1n) is 4.41. The molecule has 0 amide bonds. The molecule has 2 nitrogen and oxygen atoms in total. The topological polar surface area (TPSA) is 23.5 Å². The molecule has 1 aromatic rings. The molecule has 1 saturated heterocycles. The lowest BCUT2D eigenvalue weighted by Gasteiger charge is -2.40. The molecular weight excluding hydrogens is 230 g/mol. The molecule has 1 aliphatic rings. The predicted molar refractivity (Wildman–Crippen MR) is 56.9 cm³/mol. The molecule has 1 fully saturated rings. The minimum absolute atomic E-state index is 0.313. The van der Waals surface area contributed by atoms with Crippen LogP contribution in [0.15, 0.2) is 28.7 Å². The van der Waals surface area contributed by atoms with E-state index in [0.29, 0.717) is 12.5 Å². The summed E-state index contributed by atoms with van der Waals surface area (Å²) in [6.45, 7) is 2.28. The number of aliphatic hydroxyl groups excluding tert-OH is 1. The van der Waals surface area contributed by atoms with Crippen molar-refractivity contribution in [3.63, 3.8) is 0 Å². The minimum atomic E-state index is 0.313. The number of rotatable bonds is 2. The van der Waals surface area contributed by atoms with Crippen LogP contribution in [0.1, 0.15) is 0 Å². The lowest BCUT2D eigenvalue weighted by Crippen LogP contribution is -2.48. The van der Waals surface area contributed by atoms with Gasteiger partial charge in [-0.25, -0.2) is 0 Å². The van der Waals surface area contributed by atoms with Crippen LogP contribution in [-0.4, -0.2) is 24.8 Å². The largest absolute Gasteiger partial charge is 0.396 e. The predicted octanol–water partition coefficient (Wildman–Crippen LogP) is 1.88. The molecule has 0 spiro atoms. The van der Waals surface area contributed by atoms with Crippen molar-refractivity contribution < 1.29 is 5.11 Å². The molecule has 0 bridgehead atoms. The van der Waals surface area contributed by atoms with Crippen molar-refractivity contribution in [2.75, 3.05) is 24.6 Å². The second-order valence-corrected chi connectivity index (χ2v) is 4.35. The lowest BCUT2D eigenvalue weighted by molar-refractivity contribution is 0.201. The Labute approximate surface area is 86.3 Å². The highest BCUT2D eigenvalue weighted by Gasteiger charge is 2.25. The Morgan fingerprint density at radius 1 is 1.31 bits per heavy atom. The normalized spacial score (nSPS) is 17.2. The number of nitrogens with zero attached hydrogens (tertiary/aromatic N) is 1. The second-order valence-electron chi connectivity index (χ2n) is 3.43. The first-order chi connectivity index (χ1) is 6.29. The summed E-state index contributed by atoms with van der Waals surface area (Å²) >= 11 is 3.40. The maximum absolute atomic E-state index is 8.86. The van der Waals surface area contributed by atoms with E-state index in [-0.39, 0.29) is 0 Å². The van der Waals surface area contributed by atoms with Gasteiger partial charge in [0.05, 0.1) is 0 Å². The molecule has 1 aliphatic heterocycles. The van der Waals surface area contributed by atoms with Crippen LogP contribution in [0.3, 0.4) is 0 Å². The van der Waals surface area contributed by atoms with Gasteiger partial charge in [-0.1, -0.05) is 15.9 Å². The Balaban J connectivity index is 1.99. The third-order valence-electron chi connectivity index (χ3n) is 2.41. The van der Waals surface area contributed by atoms with Gasteiger partial charge in [0.25, 0.3) is 0 Å². The molecule has 70 valence electrons. The zero-order valence-corrected chi connectivity index (χ0v) is 8.87. The molecule has 3 heteroatoms. The Morgan fingerprint density at radius 3 is 2.46 bits per heavy atom. The van der Waals surface area contributed by atoms with Crippen LogP contribution in [0.25, 0.3) is 0 Å². The maximum atomic E-state index is 8.86. The SMILES string of the molecule is OCC1CN(c2ccc(Br)cc2)C1. The summed E-state index contributed by atoms with van der Waals surface area (Å²) in [6, 6.07) is 8.28. The summed E-state index contributed by atoms with van der Waals surface area (Å²) in [5, 5.41) is 8.86. The fourth-order valence-corrected chi connectivity index (χ4v) is 1.81. The first-order valence-corrected chi connectivity index (χ1v) is 5.20. The van der Waals surface area contributed by atoms with Crippen molar-refractivity contribution >= 4 is 21.6 Å². The molecule has 1 heterocycles. The zero-order chi connectivity index (χ0) is 9.26. The average molecular weight is 242 g/mol. The molecule has 0 aromatic heterocycles. The molecule has 0 atom stereocenters. The molecule has 0 aliphatic carbocycles. The van der Waals surface area contributed by atoms with E-state index in [1.165, 1.54) is 5.69 Å². The Kier molecular flexibility index (Phi) is 2.56. The van der Waals surface area contributed by atoms with Gasteiger partial charge in [0.1, 0.15) is 0 Å². The van der Waals surface area contributed by atoms with E-state index < -0.39 is 0 Å². The number of anilines is 1. The van der Waals surface area contributed by atoms with Gasteiger partial charge in [0.15, 0.2) is 0 Å². The number of halogens is 1. The highest BCUT2D eigenvalue weighted by molar-refractivity contribution is 9.10. The molecule has 13 heavy (non-hydrogen) atoms. The zero-order valence-electron chi connectivity index (χ0n) is 7.28. The fraction of sp³-hybridized carbons (Fsp3) is 0.400. The van der Waals surface area contributed by atoms with E-state index in [4.69, 9.17) is 5.11 Å². The van der Waals surface area contributed by atoms with Crippen LogP contribution in [0.2, 0.25) is 0 Å². The van der Waals surface area contributed by atoms with Crippen LogP contribution < -0.4 is 4.90 Å². The van der Waals surface area contributed by atoms with E-state index in [2.05, 4.69) is 33.0 Å². The first kappa shape index (κ1) is 9.03. The van der Waals surface area contributed by atoms with Crippen molar-refractivity contribution in [3.8, 4) is 0 Å². The van der Waals surface area contributed by atoms with Crippen LogP contribution in [0, 0.1) is 5.92 Å². The van der Waals surface area contributed by atoms with Crippen LogP contribution in [0.5, 0.6) is 0 Å². The van der Waals surface area contributed by atoms with Gasteiger partial charge in [0, 0.05) is 35.8 Å². The van der Waals surface area contributed by atoms with Crippen molar-refractivity contribution in [3.05, 3.63) is 28.7 Å². The molecule has 0 radical (unpaired) electrons. The molecule has 0 unspecified atom stereocenters. The van der Waals surface area contributed by atoms with E-state index in [9.17, 15) is 0 Å². The standard InChI is InChI=1S/C10H12BrNO/c11-9-1-3-10(4-2-9)12-5-8(6-12)7-13/h1-4,8,13H,5-7H2. The third-order valence-corrected chi connectivity index (χ3v) is 2.94. The molecule has 1 N–H and O–H groups in total. The Morgan fingerprint density at radius 2 is 1.92 bits per heavy atom. The van der Waals surface area contributed by atoms with Crippen LogP contribution in [-0.2, 0) is 0 Å². The van der Waals surface area contributed by atoms with E-state index in [1.54, 1.807) is 0 Å². The average Bonchev–Trinajstić information content (AvgIpc) is 2.06. The Hall–Kier alpha value is -0.540. The van der Waals surface area contributed by atoms with Crippen molar-refractivity contribution in [2.24, 2.45) is 5.92 Å².